The van der Waals surface area contributed by atoms with Crippen LogP contribution in [0.25, 0.3) is 0 Å². The van der Waals surface area contributed by atoms with Gasteiger partial charge >= 0.3 is 0 Å². The summed E-state index contributed by atoms with van der Waals surface area (Å²) in [6.07, 6.45) is 0. The van der Waals surface area contributed by atoms with Crippen molar-refractivity contribution in [2.75, 3.05) is 0 Å². The van der Waals surface area contributed by atoms with Crippen LogP contribution in [0.15, 0.2) is 77.0 Å². The van der Waals surface area contributed by atoms with Gasteiger partial charge in [-0.15, -0.1) is 11.3 Å². The van der Waals surface area contributed by atoms with E-state index in [9.17, 15) is 8.42 Å². The molecule has 1 heterocycles. The topological polar surface area (TPSA) is 46.2 Å². The third-order valence-corrected chi connectivity index (χ3v) is 11.2. The van der Waals surface area contributed by atoms with Gasteiger partial charge in [0, 0.05) is 4.88 Å². The van der Waals surface area contributed by atoms with Gasteiger partial charge in [0.1, 0.15) is 8.07 Å². The molecule has 0 saturated carbocycles. The highest BCUT2D eigenvalue weighted by atomic mass is 32.2. The number of thiophene rings is 1. The first-order chi connectivity index (χ1) is 12.3. The van der Waals surface area contributed by atoms with E-state index in [-0.39, 0.29) is 5.67 Å². The van der Waals surface area contributed by atoms with Crippen LogP contribution in [0, 0.1) is 6.92 Å². The zero-order valence-corrected chi connectivity index (χ0v) is 17.8. The molecule has 0 radical (unpaired) electrons. The standard InChI is InChI=1S/C20H23NO2S2Si/c1-16-11-13-17(14-12-16)25(22,23)21-20(19-10-7-15-24-19)26(2,3)18-8-5-4-6-9-18/h4-15,20-21H,1-3H3/t20-/m1/s1. The molecule has 0 aliphatic carbocycles. The number of hydrogen-bond acceptors (Lipinski definition) is 3. The van der Waals surface area contributed by atoms with Crippen molar-refractivity contribution in [3.63, 3.8) is 0 Å². The average molecular weight is 402 g/mol. The Bertz CT molecular complexity index is 951. The molecule has 136 valence electrons. The van der Waals surface area contributed by atoms with Crippen molar-refractivity contribution in [1.29, 1.82) is 0 Å². The van der Waals surface area contributed by atoms with Crippen LogP contribution in [-0.2, 0) is 10.0 Å². The molecule has 0 fully saturated rings. The maximum atomic E-state index is 13.0. The van der Waals surface area contributed by atoms with Crippen molar-refractivity contribution in [1.82, 2.24) is 4.72 Å². The number of benzene rings is 2. The summed E-state index contributed by atoms with van der Waals surface area (Å²) in [6.45, 7) is 6.37. The number of hydrogen-bond donors (Lipinski definition) is 1. The fraction of sp³-hybridized carbons (Fsp3) is 0.200. The highest BCUT2D eigenvalue weighted by Crippen LogP contribution is 2.30. The van der Waals surface area contributed by atoms with E-state index in [0.717, 1.165) is 10.4 Å². The Balaban J connectivity index is 2.02. The second kappa shape index (κ2) is 7.48. The smallest absolute Gasteiger partial charge is 0.207 e. The van der Waals surface area contributed by atoms with E-state index >= 15 is 0 Å². The van der Waals surface area contributed by atoms with Gasteiger partial charge in [0.05, 0.1) is 10.6 Å². The minimum Gasteiger partial charge on any atom is -0.207 e. The Morgan fingerprint density at radius 1 is 0.923 bits per heavy atom. The number of sulfonamides is 1. The first-order valence-corrected chi connectivity index (χ1v) is 13.9. The normalized spacial score (nSPS) is 13.5. The Labute approximate surface area is 160 Å². The molecule has 1 N–H and O–H groups in total. The van der Waals surface area contributed by atoms with Gasteiger partial charge in [0.2, 0.25) is 10.0 Å². The van der Waals surface area contributed by atoms with Crippen LogP contribution in [0.2, 0.25) is 13.1 Å². The Morgan fingerprint density at radius 3 is 2.15 bits per heavy atom. The van der Waals surface area contributed by atoms with Gasteiger partial charge in [0.25, 0.3) is 0 Å². The van der Waals surface area contributed by atoms with Crippen molar-refractivity contribution >= 4 is 34.6 Å². The van der Waals surface area contributed by atoms with Crippen LogP contribution in [0.1, 0.15) is 16.1 Å². The van der Waals surface area contributed by atoms with E-state index in [1.165, 1.54) is 5.19 Å². The Hall–Kier alpha value is -1.73. The molecule has 0 amide bonds. The molecule has 3 nitrogen and oxygen atoms in total. The fourth-order valence-corrected chi connectivity index (χ4v) is 9.72. The lowest BCUT2D eigenvalue weighted by molar-refractivity contribution is 0.578. The van der Waals surface area contributed by atoms with E-state index < -0.39 is 18.1 Å². The minimum atomic E-state index is -3.60. The molecule has 3 aromatic rings. The lowest BCUT2D eigenvalue weighted by atomic mass is 10.2. The van der Waals surface area contributed by atoms with Gasteiger partial charge in [-0.3, -0.25) is 0 Å². The third-order valence-electron chi connectivity index (χ3n) is 4.67. The molecule has 26 heavy (non-hydrogen) atoms. The predicted octanol–water partition coefficient (Wildman–Crippen LogP) is 4.23. The molecule has 0 spiro atoms. The Morgan fingerprint density at radius 2 is 1.58 bits per heavy atom. The van der Waals surface area contributed by atoms with Crippen LogP contribution in [-0.4, -0.2) is 16.5 Å². The van der Waals surface area contributed by atoms with Gasteiger partial charge in [-0.2, -0.15) is 0 Å². The Kier molecular flexibility index (Phi) is 5.48. The van der Waals surface area contributed by atoms with Crippen molar-refractivity contribution in [2.24, 2.45) is 0 Å². The number of aryl methyl sites for hydroxylation is 1. The predicted molar refractivity (Wildman–Crippen MR) is 112 cm³/mol. The lowest BCUT2D eigenvalue weighted by Gasteiger charge is -2.33. The molecule has 0 saturated heterocycles. The van der Waals surface area contributed by atoms with E-state index in [2.05, 4.69) is 29.9 Å². The number of nitrogens with one attached hydrogen (secondary N) is 1. The first-order valence-electron chi connectivity index (χ1n) is 8.48. The molecule has 2 aromatic carbocycles. The van der Waals surface area contributed by atoms with Gasteiger partial charge in [0.15, 0.2) is 0 Å². The van der Waals surface area contributed by atoms with Gasteiger partial charge in [-0.1, -0.05) is 72.4 Å². The van der Waals surface area contributed by atoms with E-state index in [1.807, 2.05) is 54.8 Å². The van der Waals surface area contributed by atoms with Crippen LogP contribution < -0.4 is 9.91 Å². The summed E-state index contributed by atoms with van der Waals surface area (Å²) < 4.78 is 29.1. The number of rotatable bonds is 6. The maximum absolute atomic E-state index is 13.0. The van der Waals surface area contributed by atoms with Crippen molar-refractivity contribution in [3.05, 3.63) is 82.6 Å². The van der Waals surface area contributed by atoms with Crippen molar-refractivity contribution < 1.29 is 8.42 Å². The first kappa shape index (κ1) is 19.0. The van der Waals surface area contributed by atoms with Gasteiger partial charge in [-0.05, 0) is 30.5 Å². The zero-order valence-electron chi connectivity index (χ0n) is 15.1. The maximum Gasteiger partial charge on any atom is 0.240 e. The summed E-state index contributed by atoms with van der Waals surface area (Å²) in [4.78, 5) is 1.36. The van der Waals surface area contributed by atoms with Crippen molar-refractivity contribution in [3.8, 4) is 0 Å². The van der Waals surface area contributed by atoms with Crippen LogP contribution >= 0.6 is 11.3 Å². The summed E-state index contributed by atoms with van der Waals surface area (Å²) >= 11 is 1.60. The van der Waals surface area contributed by atoms with Crippen molar-refractivity contribution in [2.45, 2.75) is 30.6 Å². The summed E-state index contributed by atoms with van der Waals surface area (Å²) in [5.74, 6) is 0. The summed E-state index contributed by atoms with van der Waals surface area (Å²) in [5, 5.41) is 3.22. The monoisotopic (exact) mass is 401 g/mol. The van der Waals surface area contributed by atoms with Crippen LogP contribution in [0.3, 0.4) is 0 Å². The fourth-order valence-electron chi connectivity index (χ4n) is 2.99. The molecule has 0 bridgehead atoms. The molecule has 3 rings (SSSR count). The molecule has 0 unspecified atom stereocenters. The zero-order chi connectivity index (χ0) is 18.8. The second-order valence-electron chi connectivity index (χ2n) is 6.97. The van der Waals surface area contributed by atoms with E-state index in [4.69, 9.17) is 0 Å². The van der Waals surface area contributed by atoms with Crippen LogP contribution in [0.5, 0.6) is 0 Å². The summed E-state index contributed by atoms with van der Waals surface area (Å²) in [7, 11) is -5.75. The summed E-state index contributed by atoms with van der Waals surface area (Å²) in [5.41, 5.74) is 0.814. The average Bonchev–Trinajstić information content (AvgIpc) is 3.15. The second-order valence-corrected chi connectivity index (χ2v) is 14.3. The third kappa shape index (κ3) is 3.99. The van der Waals surface area contributed by atoms with Gasteiger partial charge < -0.3 is 0 Å². The molecule has 6 heteroatoms. The molecule has 0 aliphatic heterocycles. The highest BCUT2D eigenvalue weighted by Gasteiger charge is 2.38. The molecular weight excluding hydrogens is 378 g/mol. The van der Waals surface area contributed by atoms with Crippen LogP contribution in [0.4, 0.5) is 0 Å². The minimum absolute atomic E-state index is 0.226. The van der Waals surface area contributed by atoms with E-state index in [1.54, 1.807) is 23.5 Å². The molecule has 1 aromatic heterocycles. The van der Waals surface area contributed by atoms with E-state index in [0.29, 0.717) is 4.90 Å². The SMILES string of the molecule is Cc1ccc(S(=O)(=O)N[C@@H](c2cccs2)[Si](C)(C)c2ccccc2)cc1. The largest absolute Gasteiger partial charge is 0.240 e. The van der Waals surface area contributed by atoms with Gasteiger partial charge in [-0.25, -0.2) is 13.1 Å². The summed E-state index contributed by atoms with van der Waals surface area (Å²) in [6, 6.07) is 21.2. The molecule has 1 atom stereocenters. The highest BCUT2D eigenvalue weighted by molar-refractivity contribution is 7.89. The molecular formula is C20H23NO2S2Si. The quantitative estimate of drug-likeness (QED) is 0.628. The lowest BCUT2D eigenvalue weighted by Crippen LogP contribution is -2.53. The molecule has 0 aliphatic rings.